The second-order valence-corrected chi connectivity index (χ2v) is 6.28. The van der Waals surface area contributed by atoms with Gasteiger partial charge in [-0.2, -0.15) is 5.10 Å². The van der Waals surface area contributed by atoms with Gasteiger partial charge in [0.05, 0.1) is 11.7 Å². The van der Waals surface area contributed by atoms with E-state index in [1.54, 1.807) is 0 Å². The highest BCUT2D eigenvalue weighted by Crippen LogP contribution is 2.25. The lowest BCUT2D eigenvalue weighted by Crippen LogP contribution is -2.22. The van der Waals surface area contributed by atoms with Gasteiger partial charge < -0.3 is 5.32 Å². The Labute approximate surface area is 121 Å². The van der Waals surface area contributed by atoms with Gasteiger partial charge in [0, 0.05) is 12.4 Å². The molecule has 0 aliphatic carbocycles. The Balaban J connectivity index is 1.66. The first-order valence-corrected chi connectivity index (χ1v) is 7.85. The van der Waals surface area contributed by atoms with Crippen molar-refractivity contribution in [3.63, 3.8) is 0 Å². The summed E-state index contributed by atoms with van der Waals surface area (Å²) >= 11 is 0. The number of aromatic nitrogens is 2. The fourth-order valence-corrected chi connectivity index (χ4v) is 3.42. The molecule has 108 valence electrons. The molecule has 1 aromatic heterocycles. The molecule has 0 radical (unpaired) electrons. The van der Waals surface area contributed by atoms with Crippen molar-refractivity contribution in [3.8, 4) is 0 Å². The van der Waals surface area contributed by atoms with E-state index in [-0.39, 0.29) is 0 Å². The summed E-state index contributed by atoms with van der Waals surface area (Å²) in [4.78, 5) is 0. The third-order valence-corrected chi connectivity index (χ3v) is 4.81. The van der Waals surface area contributed by atoms with Gasteiger partial charge in [-0.15, -0.1) is 0 Å². The fourth-order valence-electron chi connectivity index (χ4n) is 3.42. The van der Waals surface area contributed by atoms with Gasteiger partial charge in [0.25, 0.3) is 0 Å². The smallest absolute Gasteiger partial charge is 0.0679 e. The van der Waals surface area contributed by atoms with Gasteiger partial charge in [0.1, 0.15) is 0 Å². The largest absolute Gasteiger partial charge is 0.316 e. The Morgan fingerprint density at radius 3 is 3.20 bits per heavy atom. The topological polar surface area (TPSA) is 29.9 Å². The van der Waals surface area contributed by atoms with Crippen LogP contribution in [0, 0.1) is 11.8 Å². The third kappa shape index (κ3) is 2.88. The summed E-state index contributed by atoms with van der Waals surface area (Å²) in [5.74, 6) is 1.68. The van der Waals surface area contributed by atoms with Crippen molar-refractivity contribution in [3.05, 3.63) is 30.0 Å². The Hall–Kier alpha value is -1.35. The van der Waals surface area contributed by atoms with Crippen molar-refractivity contribution in [2.75, 3.05) is 13.1 Å². The third-order valence-electron chi connectivity index (χ3n) is 4.81. The summed E-state index contributed by atoms with van der Waals surface area (Å²) in [6.45, 7) is 4.78. The Morgan fingerprint density at radius 2 is 2.30 bits per heavy atom. The minimum Gasteiger partial charge on any atom is -0.316 e. The predicted molar refractivity (Wildman–Crippen MR) is 83.8 cm³/mol. The van der Waals surface area contributed by atoms with Crippen LogP contribution in [-0.2, 0) is 13.5 Å². The van der Waals surface area contributed by atoms with Crippen LogP contribution in [0.4, 0.5) is 0 Å². The van der Waals surface area contributed by atoms with Crippen LogP contribution in [-0.4, -0.2) is 22.9 Å². The van der Waals surface area contributed by atoms with Gasteiger partial charge in [-0.3, -0.25) is 4.68 Å². The highest BCUT2D eigenvalue weighted by molar-refractivity contribution is 5.79. The molecule has 0 saturated carbocycles. The zero-order valence-corrected chi connectivity index (χ0v) is 12.6. The normalized spacial score (nSPS) is 23.9. The van der Waals surface area contributed by atoms with Gasteiger partial charge in [-0.1, -0.05) is 13.0 Å². The molecule has 20 heavy (non-hydrogen) atoms. The van der Waals surface area contributed by atoms with E-state index in [1.807, 2.05) is 17.9 Å². The van der Waals surface area contributed by atoms with Crippen molar-refractivity contribution >= 4 is 10.9 Å². The maximum atomic E-state index is 4.32. The minimum atomic E-state index is 0.805. The summed E-state index contributed by atoms with van der Waals surface area (Å²) in [6, 6.07) is 6.78. The first-order chi connectivity index (χ1) is 9.74. The van der Waals surface area contributed by atoms with Gasteiger partial charge >= 0.3 is 0 Å². The van der Waals surface area contributed by atoms with Crippen molar-refractivity contribution in [2.45, 2.75) is 32.6 Å². The summed E-state index contributed by atoms with van der Waals surface area (Å²) < 4.78 is 1.94. The van der Waals surface area contributed by atoms with Gasteiger partial charge in [-0.25, -0.2) is 0 Å². The van der Waals surface area contributed by atoms with E-state index in [9.17, 15) is 0 Å². The number of hydrogen-bond donors (Lipinski definition) is 1. The molecular formula is C17H25N3. The molecular weight excluding hydrogens is 246 g/mol. The number of aryl methyl sites for hydroxylation is 2. The number of rotatable bonds is 3. The van der Waals surface area contributed by atoms with E-state index >= 15 is 0 Å². The SMILES string of the molecule is C[C@H]1CNCCCC1CCc1ccc2c(cnn2C)c1. The van der Waals surface area contributed by atoms with Crippen LogP contribution >= 0.6 is 0 Å². The Kier molecular flexibility index (Phi) is 4.06. The monoisotopic (exact) mass is 271 g/mol. The van der Waals surface area contributed by atoms with Crippen LogP contribution in [0.3, 0.4) is 0 Å². The summed E-state index contributed by atoms with van der Waals surface area (Å²) in [6.07, 6.45) is 7.19. The number of nitrogens with zero attached hydrogens (tertiary/aromatic N) is 2. The van der Waals surface area contributed by atoms with Crippen LogP contribution in [0.2, 0.25) is 0 Å². The molecule has 0 spiro atoms. The maximum Gasteiger partial charge on any atom is 0.0679 e. The number of fused-ring (bicyclic) bond motifs is 1. The number of hydrogen-bond acceptors (Lipinski definition) is 2. The molecule has 1 unspecified atom stereocenters. The molecule has 1 N–H and O–H groups in total. The molecule has 0 bridgehead atoms. The summed E-state index contributed by atoms with van der Waals surface area (Å²) in [7, 11) is 2.00. The van der Waals surface area contributed by atoms with Crippen LogP contribution in [0.5, 0.6) is 0 Å². The van der Waals surface area contributed by atoms with Crippen molar-refractivity contribution in [1.82, 2.24) is 15.1 Å². The van der Waals surface area contributed by atoms with Crippen molar-refractivity contribution in [1.29, 1.82) is 0 Å². The second-order valence-electron chi connectivity index (χ2n) is 6.28. The number of nitrogens with one attached hydrogen (secondary N) is 1. The molecule has 1 aromatic carbocycles. The molecule has 2 aromatic rings. The van der Waals surface area contributed by atoms with Crippen LogP contribution in [0.25, 0.3) is 10.9 Å². The zero-order chi connectivity index (χ0) is 13.9. The van der Waals surface area contributed by atoms with Crippen molar-refractivity contribution < 1.29 is 0 Å². The van der Waals surface area contributed by atoms with Gasteiger partial charge in [-0.05, 0) is 68.3 Å². The molecule has 2 atom stereocenters. The van der Waals surface area contributed by atoms with E-state index in [0.717, 1.165) is 11.8 Å². The Morgan fingerprint density at radius 1 is 1.40 bits per heavy atom. The quantitative estimate of drug-likeness (QED) is 0.929. The lowest BCUT2D eigenvalue weighted by atomic mass is 9.86. The minimum absolute atomic E-state index is 0.805. The summed E-state index contributed by atoms with van der Waals surface area (Å²) in [5.41, 5.74) is 2.68. The molecule has 3 rings (SSSR count). The molecule has 1 saturated heterocycles. The fraction of sp³-hybridized carbons (Fsp3) is 0.588. The molecule has 3 nitrogen and oxygen atoms in total. The molecule has 1 aliphatic heterocycles. The standard InChI is InChI=1S/C17H25N3/c1-13-11-18-9-3-4-15(13)7-5-14-6-8-17-16(10-14)12-19-20(17)2/h6,8,10,12-13,15,18H,3-5,7,9,11H2,1-2H3/t13-,15?/m0/s1. The number of benzene rings is 1. The average molecular weight is 271 g/mol. The van der Waals surface area contributed by atoms with Crippen LogP contribution in [0.15, 0.2) is 24.4 Å². The zero-order valence-electron chi connectivity index (χ0n) is 12.6. The molecule has 1 aliphatic rings. The van der Waals surface area contributed by atoms with Crippen LogP contribution < -0.4 is 5.32 Å². The van der Waals surface area contributed by atoms with E-state index in [0.29, 0.717) is 0 Å². The van der Waals surface area contributed by atoms with E-state index in [1.165, 1.54) is 55.2 Å². The van der Waals surface area contributed by atoms with Crippen LogP contribution in [0.1, 0.15) is 31.7 Å². The molecule has 1 fully saturated rings. The predicted octanol–water partition coefficient (Wildman–Crippen LogP) is 3.14. The average Bonchev–Trinajstić information content (AvgIpc) is 2.69. The molecule has 0 amide bonds. The molecule has 3 heteroatoms. The van der Waals surface area contributed by atoms with E-state index in [2.05, 4.69) is 35.5 Å². The second kappa shape index (κ2) is 5.96. The maximum absolute atomic E-state index is 4.32. The first-order valence-electron chi connectivity index (χ1n) is 7.85. The summed E-state index contributed by atoms with van der Waals surface area (Å²) in [5, 5.41) is 9.13. The highest BCUT2D eigenvalue weighted by Gasteiger charge is 2.19. The lowest BCUT2D eigenvalue weighted by Gasteiger charge is -2.21. The van der Waals surface area contributed by atoms with Gasteiger partial charge in [0.15, 0.2) is 0 Å². The molecule has 2 heterocycles. The lowest BCUT2D eigenvalue weighted by molar-refractivity contribution is 0.331. The van der Waals surface area contributed by atoms with E-state index < -0.39 is 0 Å². The first kappa shape index (κ1) is 13.6. The van der Waals surface area contributed by atoms with Crippen molar-refractivity contribution in [2.24, 2.45) is 18.9 Å². The Bertz CT molecular complexity index is 573. The highest BCUT2D eigenvalue weighted by atomic mass is 15.2. The van der Waals surface area contributed by atoms with E-state index in [4.69, 9.17) is 0 Å². The van der Waals surface area contributed by atoms with Gasteiger partial charge in [0.2, 0.25) is 0 Å².